The second-order valence-electron chi connectivity index (χ2n) is 4.59. The molecule has 0 saturated carbocycles. The van der Waals surface area contributed by atoms with E-state index in [0.717, 1.165) is 0 Å². The zero-order valence-electron chi connectivity index (χ0n) is 11.1. The molecule has 106 valence electrons. The fourth-order valence-corrected chi connectivity index (χ4v) is 3.65. The molecule has 0 radical (unpaired) electrons. The third kappa shape index (κ3) is 4.55. The molecular weight excluding hydrogens is 254 g/mol. The molecule has 1 fully saturated rings. The zero-order chi connectivity index (χ0) is 13.6. The van der Waals surface area contributed by atoms with Crippen molar-refractivity contribution in [3.63, 3.8) is 0 Å². The quantitative estimate of drug-likeness (QED) is 0.688. The molecule has 1 amide bonds. The monoisotopic (exact) mass is 277 g/mol. The van der Waals surface area contributed by atoms with Gasteiger partial charge in [0, 0.05) is 19.1 Å². The summed E-state index contributed by atoms with van der Waals surface area (Å²) in [5.41, 5.74) is 0. The molecule has 1 aliphatic heterocycles. The summed E-state index contributed by atoms with van der Waals surface area (Å²) >= 11 is 0. The third-order valence-corrected chi connectivity index (χ3v) is 5.09. The Hall–Kier alpha value is -0.660. The van der Waals surface area contributed by atoms with Crippen LogP contribution in [0.5, 0.6) is 0 Å². The Morgan fingerprint density at radius 2 is 1.94 bits per heavy atom. The van der Waals surface area contributed by atoms with E-state index in [0.29, 0.717) is 38.9 Å². The van der Waals surface area contributed by atoms with Crippen molar-refractivity contribution < 1.29 is 13.2 Å². The lowest BCUT2D eigenvalue weighted by Gasteiger charge is -2.31. The molecule has 1 saturated heterocycles. The van der Waals surface area contributed by atoms with E-state index in [1.807, 2.05) is 6.92 Å². The molecule has 0 aromatic heterocycles. The maximum atomic E-state index is 11.8. The normalized spacial score (nSPS) is 18.8. The van der Waals surface area contributed by atoms with Crippen LogP contribution in [0.25, 0.3) is 0 Å². The number of likely N-dealkylation sites (N-methyl/N-ethyl adjacent to an activating group) is 1. The van der Waals surface area contributed by atoms with E-state index in [-0.39, 0.29) is 17.7 Å². The summed E-state index contributed by atoms with van der Waals surface area (Å²) in [6, 6.07) is 0.0962. The minimum absolute atomic E-state index is 0.0348. The van der Waals surface area contributed by atoms with E-state index in [4.69, 9.17) is 0 Å². The van der Waals surface area contributed by atoms with Gasteiger partial charge in [0.2, 0.25) is 15.9 Å². The molecule has 0 aromatic carbocycles. The molecule has 2 N–H and O–H groups in total. The first-order chi connectivity index (χ1) is 8.49. The van der Waals surface area contributed by atoms with Crippen molar-refractivity contribution in [1.82, 2.24) is 14.9 Å². The van der Waals surface area contributed by atoms with Gasteiger partial charge in [0.05, 0.1) is 12.3 Å². The van der Waals surface area contributed by atoms with Crippen molar-refractivity contribution >= 4 is 15.9 Å². The molecule has 1 aliphatic rings. The lowest BCUT2D eigenvalue weighted by molar-refractivity contribution is -0.121. The first kappa shape index (κ1) is 15.4. The number of hydrogen-bond acceptors (Lipinski definition) is 4. The van der Waals surface area contributed by atoms with Crippen LogP contribution in [0.15, 0.2) is 0 Å². The molecule has 0 spiro atoms. The fraction of sp³-hybridized carbons (Fsp3) is 0.909. The Morgan fingerprint density at radius 1 is 1.33 bits per heavy atom. The van der Waals surface area contributed by atoms with Crippen molar-refractivity contribution in [3.8, 4) is 0 Å². The number of amides is 1. The minimum Gasteiger partial charge on any atom is -0.352 e. The maximum Gasteiger partial charge on any atom is 0.234 e. The number of carbonyl (C=O) groups excluding carboxylic acids is 1. The van der Waals surface area contributed by atoms with Gasteiger partial charge < -0.3 is 10.6 Å². The summed E-state index contributed by atoms with van der Waals surface area (Å²) in [6.45, 7) is 3.18. The highest BCUT2D eigenvalue weighted by Crippen LogP contribution is 2.14. The van der Waals surface area contributed by atoms with E-state index in [9.17, 15) is 13.2 Å². The van der Waals surface area contributed by atoms with Crippen LogP contribution in [0.2, 0.25) is 0 Å². The Kier molecular flexibility index (Phi) is 6.04. The van der Waals surface area contributed by atoms with E-state index in [2.05, 4.69) is 10.6 Å². The summed E-state index contributed by atoms with van der Waals surface area (Å²) < 4.78 is 25.2. The second-order valence-corrected chi connectivity index (χ2v) is 6.68. The second kappa shape index (κ2) is 7.06. The van der Waals surface area contributed by atoms with Gasteiger partial charge in [-0.05, 0) is 26.3 Å². The number of hydrogen-bond donors (Lipinski definition) is 2. The van der Waals surface area contributed by atoms with Crippen molar-refractivity contribution in [3.05, 3.63) is 0 Å². The van der Waals surface area contributed by atoms with Crippen LogP contribution in [0.4, 0.5) is 0 Å². The zero-order valence-corrected chi connectivity index (χ0v) is 11.9. The molecule has 0 bridgehead atoms. The number of carbonyl (C=O) groups is 1. The van der Waals surface area contributed by atoms with Crippen LogP contribution >= 0.6 is 0 Å². The molecule has 18 heavy (non-hydrogen) atoms. The first-order valence-electron chi connectivity index (χ1n) is 6.41. The van der Waals surface area contributed by atoms with Crippen molar-refractivity contribution in [1.29, 1.82) is 0 Å². The van der Waals surface area contributed by atoms with Gasteiger partial charge in [-0.3, -0.25) is 4.79 Å². The number of sulfonamides is 1. The van der Waals surface area contributed by atoms with Crippen LogP contribution in [0.3, 0.4) is 0 Å². The summed E-state index contributed by atoms with van der Waals surface area (Å²) in [4.78, 5) is 11.4. The molecule has 0 unspecified atom stereocenters. The molecule has 1 rings (SSSR count). The van der Waals surface area contributed by atoms with Crippen molar-refractivity contribution in [2.24, 2.45) is 0 Å². The Labute approximate surface area is 109 Å². The highest BCUT2D eigenvalue weighted by molar-refractivity contribution is 7.89. The van der Waals surface area contributed by atoms with E-state index < -0.39 is 10.0 Å². The molecule has 1 heterocycles. The third-order valence-electron chi connectivity index (χ3n) is 3.01. The SMILES string of the molecule is CCCS(=O)(=O)N1CCC(NC(=O)CNC)CC1. The summed E-state index contributed by atoms with van der Waals surface area (Å²) in [6.07, 6.45) is 2.03. The number of piperidine rings is 1. The van der Waals surface area contributed by atoms with E-state index >= 15 is 0 Å². The van der Waals surface area contributed by atoms with Gasteiger partial charge >= 0.3 is 0 Å². The van der Waals surface area contributed by atoms with Gasteiger partial charge in [0.15, 0.2) is 0 Å². The smallest absolute Gasteiger partial charge is 0.234 e. The van der Waals surface area contributed by atoms with Crippen LogP contribution < -0.4 is 10.6 Å². The highest BCUT2D eigenvalue weighted by atomic mass is 32.2. The van der Waals surface area contributed by atoms with Gasteiger partial charge in [-0.25, -0.2) is 12.7 Å². The van der Waals surface area contributed by atoms with Crippen LogP contribution in [0, 0.1) is 0 Å². The Balaban J connectivity index is 2.39. The summed E-state index contributed by atoms with van der Waals surface area (Å²) in [5.74, 6) is 0.177. The molecule has 0 aliphatic carbocycles. The average Bonchev–Trinajstić information content (AvgIpc) is 2.30. The number of nitrogens with one attached hydrogen (secondary N) is 2. The van der Waals surface area contributed by atoms with Gasteiger partial charge in [-0.2, -0.15) is 0 Å². The van der Waals surface area contributed by atoms with Crippen LogP contribution in [-0.4, -0.2) is 57.1 Å². The van der Waals surface area contributed by atoms with Gasteiger partial charge in [0.1, 0.15) is 0 Å². The molecular formula is C11H23N3O3S. The topological polar surface area (TPSA) is 78.5 Å². The average molecular weight is 277 g/mol. The lowest BCUT2D eigenvalue weighted by atomic mass is 10.1. The largest absolute Gasteiger partial charge is 0.352 e. The lowest BCUT2D eigenvalue weighted by Crippen LogP contribution is -2.48. The first-order valence-corrected chi connectivity index (χ1v) is 8.02. The molecule has 0 atom stereocenters. The van der Waals surface area contributed by atoms with E-state index in [1.165, 1.54) is 4.31 Å². The Morgan fingerprint density at radius 3 is 2.44 bits per heavy atom. The molecule has 7 heteroatoms. The Bertz CT molecular complexity index is 362. The van der Waals surface area contributed by atoms with Gasteiger partial charge in [-0.15, -0.1) is 0 Å². The molecule has 0 aromatic rings. The van der Waals surface area contributed by atoms with Crippen molar-refractivity contribution in [2.75, 3.05) is 32.4 Å². The summed E-state index contributed by atoms with van der Waals surface area (Å²) in [5, 5.41) is 5.69. The number of nitrogens with zero attached hydrogens (tertiary/aromatic N) is 1. The highest BCUT2D eigenvalue weighted by Gasteiger charge is 2.27. The van der Waals surface area contributed by atoms with Gasteiger partial charge in [0.25, 0.3) is 0 Å². The van der Waals surface area contributed by atoms with Gasteiger partial charge in [-0.1, -0.05) is 6.92 Å². The van der Waals surface area contributed by atoms with E-state index in [1.54, 1.807) is 7.05 Å². The number of rotatable bonds is 6. The minimum atomic E-state index is -3.09. The molecule has 6 nitrogen and oxygen atoms in total. The van der Waals surface area contributed by atoms with Crippen LogP contribution in [-0.2, 0) is 14.8 Å². The standard InChI is InChI=1S/C11H23N3O3S/c1-3-8-18(16,17)14-6-4-10(5-7-14)13-11(15)9-12-2/h10,12H,3-9H2,1-2H3,(H,13,15). The predicted molar refractivity (Wildman–Crippen MR) is 70.7 cm³/mol. The summed E-state index contributed by atoms with van der Waals surface area (Å²) in [7, 11) is -1.37. The maximum absolute atomic E-state index is 11.8. The predicted octanol–water partition coefficient (Wildman–Crippen LogP) is -0.474. The van der Waals surface area contributed by atoms with Crippen molar-refractivity contribution in [2.45, 2.75) is 32.2 Å². The van der Waals surface area contributed by atoms with Crippen LogP contribution in [0.1, 0.15) is 26.2 Å². The fourth-order valence-electron chi connectivity index (χ4n) is 2.10.